The third kappa shape index (κ3) is 10.4. The first kappa shape index (κ1) is 46.6. The first-order chi connectivity index (χ1) is 27.7. The predicted molar refractivity (Wildman–Crippen MR) is 220 cm³/mol. The van der Waals surface area contributed by atoms with Gasteiger partial charge in [0, 0.05) is 34.9 Å². The highest BCUT2D eigenvalue weighted by Crippen LogP contribution is 2.40. The number of carbonyl (C=O) groups is 4. The van der Waals surface area contributed by atoms with Crippen molar-refractivity contribution in [2.75, 3.05) is 27.3 Å². The second-order valence-electron chi connectivity index (χ2n) is 17.2. The third-order valence-corrected chi connectivity index (χ3v) is 13.2. The maximum atomic E-state index is 14.4. The van der Waals surface area contributed by atoms with E-state index in [1.54, 1.807) is 52.0 Å². The second-order valence-corrected chi connectivity index (χ2v) is 18.3. The number of hydrogen-bond donors (Lipinski definition) is 3. The van der Waals surface area contributed by atoms with E-state index in [1.807, 2.05) is 32.8 Å². The van der Waals surface area contributed by atoms with Crippen molar-refractivity contribution in [3.05, 3.63) is 28.0 Å². The molecule has 1 unspecified atom stereocenters. The first-order valence-electron chi connectivity index (χ1n) is 20.5. The van der Waals surface area contributed by atoms with Gasteiger partial charge in [-0.1, -0.05) is 38.9 Å². The number of hydrogen-bond acceptors (Lipinski definition) is 15. The molecule has 4 bridgehead atoms. The highest BCUT2D eigenvalue weighted by atomic mass is 32.1. The van der Waals surface area contributed by atoms with Crippen LogP contribution in [0.5, 0.6) is 0 Å². The van der Waals surface area contributed by atoms with Crippen molar-refractivity contribution in [2.45, 2.75) is 141 Å². The summed E-state index contributed by atoms with van der Waals surface area (Å²) in [6, 6.07) is 3.05. The van der Waals surface area contributed by atoms with Crippen LogP contribution < -0.4 is 5.73 Å². The molecule has 4 N–H and O–H groups in total. The van der Waals surface area contributed by atoms with E-state index in [0.717, 1.165) is 4.88 Å². The summed E-state index contributed by atoms with van der Waals surface area (Å²) in [5, 5.41) is 28.4. The lowest BCUT2D eigenvalue weighted by Gasteiger charge is -2.47. The van der Waals surface area contributed by atoms with Crippen molar-refractivity contribution in [1.29, 1.82) is 0 Å². The van der Waals surface area contributed by atoms with Crippen LogP contribution in [0.1, 0.15) is 95.6 Å². The van der Waals surface area contributed by atoms with E-state index in [-0.39, 0.29) is 50.3 Å². The molecule has 3 saturated heterocycles. The molecule has 1 aromatic rings. The summed E-state index contributed by atoms with van der Waals surface area (Å²) in [7, 11) is 3.72. The Bertz CT molecular complexity index is 1790. The van der Waals surface area contributed by atoms with Gasteiger partial charge in [0.2, 0.25) is 6.10 Å². The molecule has 1 aromatic heterocycles. The lowest BCUT2D eigenvalue weighted by Crippen LogP contribution is -2.60. The Labute approximate surface area is 350 Å². The molecule has 0 aromatic carbocycles. The van der Waals surface area contributed by atoms with E-state index in [2.05, 4.69) is 5.16 Å². The smallest absolute Gasteiger partial charge is 0.316 e. The average molecular weight is 847 g/mol. The van der Waals surface area contributed by atoms with Crippen molar-refractivity contribution in [2.24, 2.45) is 39.6 Å². The van der Waals surface area contributed by atoms with E-state index < -0.39 is 95.3 Å². The third-order valence-electron chi connectivity index (χ3n) is 12.2. The van der Waals surface area contributed by atoms with Crippen molar-refractivity contribution in [3.8, 4) is 0 Å². The quantitative estimate of drug-likeness (QED) is 0.252. The van der Waals surface area contributed by atoms with E-state index in [0.29, 0.717) is 17.0 Å². The largest absolute Gasteiger partial charge is 0.459 e. The molecule has 14 atom stereocenters. The Morgan fingerprint density at radius 2 is 1.81 bits per heavy atom. The molecule has 16 nitrogen and oxygen atoms in total. The van der Waals surface area contributed by atoms with Crippen LogP contribution in [0, 0.1) is 23.7 Å². The zero-order valence-corrected chi connectivity index (χ0v) is 36.6. The van der Waals surface area contributed by atoms with Gasteiger partial charge in [-0.3, -0.25) is 19.2 Å². The van der Waals surface area contributed by atoms with Gasteiger partial charge >= 0.3 is 5.97 Å². The van der Waals surface area contributed by atoms with Crippen molar-refractivity contribution in [3.63, 3.8) is 0 Å². The Morgan fingerprint density at radius 1 is 1.10 bits per heavy atom. The average Bonchev–Trinajstić information content (AvgIpc) is 3.65. The summed E-state index contributed by atoms with van der Waals surface area (Å²) < 4.78 is 32.3. The minimum Gasteiger partial charge on any atom is -0.459 e. The van der Waals surface area contributed by atoms with Gasteiger partial charge in [-0.15, -0.1) is 11.3 Å². The maximum absolute atomic E-state index is 14.4. The number of fused-ring (bicyclic) bond motifs is 4. The fourth-order valence-electron chi connectivity index (χ4n) is 8.83. The molecule has 0 aliphatic carbocycles. The number of ether oxygens (including phenoxy) is 5. The summed E-state index contributed by atoms with van der Waals surface area (Å²) in [5.74, 6) is -6.12. The Balaban J connectivity index is 1.65. The van der Waals surface area contributed by atoms with E-state index in [1.165, 1.54) is 25.2 Å². The van der Waals surface area contributed by atoms with Crippen molar-refractivity contribution >= 4 is 52.4 Å². The minimum absolute atomic E-state index is 0.0667. The van der Waals surface area contributed by atoms with E-state index in [9.17, 15) is 29.4 Å². The monoisotopic (exact) mass is 846 g/mol. The molecule has 5 heterocycles. The van der Waals surface area contributed by atoms with Gasteiger partial charge in [-0.2, -0.15) is 0 Å². The van der Waals surface area contributed by atoms with Crippen LogP contribution in [0.15, 0.2) is 28.4 Å². The van der Waals surface area contributed by atoms with Gasteiger partial charge in [0.05, 0.1) is 42.0 Å². The van der Waals surface area contributed by atoms with Crippen LogP contribution >= 0.6 is 11.3 Å². The normalized spacial score (nSPS) is 40.1. The number of ketones is 1. The number of likely N-dealkylation sites (N-methyl/N-ethyl adjacent to an activating group) is 1. The maximum Gasteiger partial charge on any atom is 0.316 e. The molecule has 4 aliphatic rings. The molecule has 3 fully saturated rings. The van der Waals surface area contributed by atoms with Gasteiger partial charge in [0.1, 0.15) is 29.4 Å². The van der Waals surface area contributed by atoms with Gasteiger partial charge < -0.3 is 49.4 Å². The molecule has 0 spiro atoms. The topological polar surface area (TPSA) is 218 Å². The molecule has 5 rings (SSSR count). The van der Waals surface area contributed by atoms with Gasteiger partial charge in [-0.25, -0.2) is 4.99 Å². The molecular formula is C42H62N4O12S. The molecule has 59 heavy (non-hydrogen) atoms. The van der Waals surface area contributed by atoms with Crippen LogP contribution in [-0.2, 0) is 42.9 Å². The fourth-order valence-corrected chi connectivity index (χ4v) is 9.62. The zero-order chi connectivity index (χ0) is 43.6. The van der Waals surface area contributed by atoms with Crippen molar-refractivity contribution in [1.82, 2.24) is 4.90 Å². The number of esters is 1. The number of aliphatic hydroxyl groups is 2. The molecule has 0 saturated carbocycles. The van der Waals surface area contributed by atoms with Gasteiger partial charge in [0.15, 0.2) is 12.1 Å². The van der Waals surface area contributed by atoms with Gasteiger partial charge in [-0.05, 0) is 85.2 Å². The summed E-state index contributed by atoms with van der Waals surface area (Å²) >= 11 is 1.21. The fraction of sp³-hybridized carbons (Fsp3) is 0.714. The Morgan fingerprint density at radius 3 is 2.46 bits per heavy atom. The summed E-state index contributed by atoms with van der Waals surface area (Å²) in [6.45, 7) is 13.3. The van der Waals surface area contributed by atoms with Crippen LogP contribution in [0.25, 0.3) is 6.08 Å². The molecule has 17 heteroatoms. The zero-order valence-electron chi connectivity index (χ0n) is 35.8. The number of nitrogens with zero attached hydrogens (tertiary/aromatic N) is 3. The number of aliphatic imine (C=N–C) groups is 1. The Kier molecular flexibility index (Phi) is 15.1. The minimum atomic E-state index is -1.85. The number of cyclic esters (lactones) is 1. The van der Waals surface area contributed by atoms with Crippen LogP contribution in [0.3, 0.4) is 0 Å². The second kappa shape index (κ2) is 19.1. The standard InChI is InChI=1S/C42H62N4O12S/c1-11-31-42(8,52)36-23(4)32-21(2)18-41(7,35(24(5)33(47)25(6)39(51)56-31)57-40-34(48)28(46(9)10)17-22(3)55-40)54-20-26(19-53-36)45-58-29(38(50)44-32)14-12-13-27-15-16-30(59-27)37(43)49/h12-13,15-16,21-25,28-29,31,34-36,40,48,52H,11,14,17-20H2,1-10H3,(H2,43,49)/b13-12+,44-32?,45-26-/t21-,22-,23+,24+,25-,28+,29?,31-,34-,35-,36-,40+,41-,42-/m1/s1. The number of carbonyl (C=O) groups excluding carboxylic acids is 4. The summed E-state index contributed by atoms with van der Waals surface area (Å²) in [6.07, 6.45) is -2.75. The number of amides is 2. The van der Waals surface area contributed by atoms with E-state index in [4.69, 9.17) is 39.2 Å². The molecule has 328 valence electrons. The van der Waals surface area contributed by atoms with E-state index >= 15 is 0 Å². The number of aliphatic hydroxyl groups excluding tert-OH is 1. The first-order valence-corrected chi connectivity index (χ1v) is 21.3. The lowest BCUT2D eigenvalue weighted by atomic mass is 9.73. The van der Waals surface area contributed by atoms with Crippen LogP contribution in [0.2, 0.25) is 0 Å². The number of oxime groups is 1. The lowest BCUT2D eigenvalue weighted by molar-refractivity contribution is -0.296. The van der Waals surface area contributed by atoms with Gasteiger partial charge in [0.25, 0.3) is 11.8 Å². The number of rotatable bonds is 8. The summed E-state index contributed by atoms with van der Waals surface area (Å²) in [5.41, 5.74) is 2.75. The van der Waals surface area contributed by atoms with Crippen molar-refractivity contribution < 1.29 is 57.9 Å². The molecule has 0 radical (unpaired) electrons. The Hall–Kier alpha value is -3.42. The summed E-state index contributed by atoms with van der Waals surface area (Å²) in [4.78, 5) is 67.9. The highest BCUT2D eigenvalue weighted by molar-refractivity contribution is 7.14. The SMILES string of the molecule is CC[C@H]1OC(=O)[C@H](C)C(=O)[C@H](C)[C@@H](O[C@@H]2O[C@H](C)C[C@H](N(C)C)[C@H]2O)[C@@]2(C)C[C@@H](C)C3=NC(=O)C(C/C=C/c4ccc(C(N)=O)s4)O/N=C(/CO[C@H]([C@H]3C)[C@]1(C)O)CO2. The number of nitrogens with two attached hydrogens (primary N) is 1. The number of primary amides is 1. The number of Topliss-reactive ketones (excluding diaryl/α,β-unsaturated/α-hetero) is 1. The van der Waals surface area contributed by atoms with Crippen LogP contribution in [-0.4, -0.2) is 138 Å². The molecule has 2 amide bonds. The molecular weight excluding hydrogens is 785 g/mol. The van der Waals surface area contributed by atoms with Crippen LogP contribution in [0.4, 0.5) is 0 Å². The molecule has 4 aliphatic heterocycles. The number of thiophene rings is 1. The predicted octanol–water partition coefficient (Wildman–Crippen LogP) is 3.55. The highest BCUT2D eigenvalue weighted by Gasteiger charge is 2.53.